The van der Waals surface area contributed by atoms with Gasteiger partial charge in [-0.05, 0) is 60.0 Å². The maximum absolute atomic E-state index is 13.9. The average molecular weight is 478 g/mol. The highest BCUT2D eigenvalue weighted by Crippen LogP contribution is 2.32. The van der Waals surface area contributed by atoms with Gasteiger partial charge in [-0.2, -0.15) is 0 Å². The van der Waals surface area contributed by atoms with Gasteiger partial charge < -0.3 is 15.4 Å². The third-order valence-electron chi connectivity index (χ3n) is 6.16. The first-order valence-electron chi connectivity index (χ1n) is 11.0. The van der Waals surface area contributed by atoms with Gasteiger partial charge in [0, 0.05) is 18.8 Å². The Kier molecular flexibility index (Phi) is 6.66. The third-order valence-corrected chi connectivity index (χ3v) is 6.16. The lowest BCUT2D eigenvalue weighted by Gasteiger charge is -2.27. The molecule has 180 valence electrons. The highest BCUT2D eigenvalue weighted by molar-refractivity contribution is 5.78. The molecule has 4 rings (SSSR count). The summed E-state index contributed by atoms with van der Waals surface area (Å²) < 4.78 is 32.6. The molecule has 0 amide bonds. The maximum atomic E-state index is 13.9. The van der Waals surface area contributed by atoms with Crippen LogP contribution in [0.25, 0.3) is 0 Å². The molecule has 0 saturated heterocycles. The van der Waals surface area contributed by atoms with Crippen molar-refractivity contribution >= 4 is 17.1 Å². The van der Waals surface area contributed by atoms with Crippen LogP contribution in [0.2, 0.25) is 0 Å². The van der Waals surface area contributed by atoms with Crippen molar-refractivity contribution in [2.45, 2.75) is 19.0 Å². The van der Waals surface area contributed by atoms with E-state index in [4.69, 9.17) is 10.5 Å². The molecule has 3 N–H and O–H groups in total. The SMILES string of the molecule is COc1ccc(C(NC(C)c2ccc(F)c(F)c2)c2cccc(N(C)c3c(N)c(=O)c3=O)c2)cc1. The molecule has 2 unspecified atom stereocenters. The normalized spacial score (nSPS) is 12.9. The van der Waals surface area contributed by atoms with Crippen LogP contribution in [-0.2, 0) is 0 Å². The minimum Gasteiger partial charge on any atom is -0.497 e. The Morgan fingerprint density at radius 1 is 0.886 bits per heavy atom. The molecule has 0 fully saturated rings. The average Bonchev–Trinajstić information content (AvgIpc) is 2.88. The number of nitrogens with one attached hydrogen (secondary N) is 1. The molecule has 0 heterocycles. The third kappa shape index (κ3) is 4.65. The Hall–Kier alpha value is -4.04. The van der Waals surface area contributed by atoms with Crippen LogP contribution in [0.4, 0.5) is 25.8 Å². The van der Waals surface area contributed by atoms with Crippen LogP contribution in [0, 0.1) is 11.6 Å². The van der Waals surface area contributed by atoms with Crippen LogP contribution in [0.15, 0.2) is 76.3 Å². The van der Waals surface area contributed by atoms with Crippen molar-refractivity contribution in [3.8, 4) is 5.75 Å². The van der Waals surface area contributed by atoms with Crippen molar-refractivity contribution in [3.05, 3.63) is 116 Å². The van der Waals surface area contributed by atoms with Gasteiger partial charge in [-0.3, -0.25) is 14.9 Å². The smallest absolute Gasteiger partial charge is 0.253 e. The van der Waals surface area contributed by atoms with Crippen LogP contribution in [0.3, 0.4) is 0 Å². The molecule has 0 aliphatic carbocycles. The zero-order valence-electron chi connectivity index (χ0n) is 19.5. The van der Waals surface area contributed by atoms with Gasteiger partial charge in [-0.25, -0.2) is 8.78 Å². The van der Waals surface area contributed by atoms with Gasteiger partial charge in [0.2, 0.25) is 0 Å². The number of anilines is 3. The summed E-state index contributed by atoms with van der Waals surface area (Å²) in [6.07, 6.45) is 0. The topological polar surface area (TPSA) is 84.7 Å². The molecule has 0 bridgehead atoms. The monoisotopic (exact) mass is 477 g/mol. The molecule has 4 aromatic rings. The fraction of sp³-hybridized carbons (Fsp3) is 0.185. The Morgan fingerprint density at radius 2 is 1.57 bits per heavy atom. The lowest BCUT2D eigenvalue weighted by molar-refractivity contribution is 0.414. The van der Waals surface area contributed by atoms with E-state index in [1.165, 1.54) is 6.07 Å². The summed E-state index contributed by atoms with van der Waals surface area (Å²) in [7, 11) is 3.26. The van der Waals surface area contributed by atoms with E-state index in [9.17, 15) is 18.4 Å². The second kappa shape index (κ2) is 9.68. The quantitative estimate of drug-likeness (QED) is 0.367. The van der Waals surface area contributed by atoms with Gasteiger partial charge in [0.25, 0.3) is 10.9 Å². The van der Waals surface area contributed by atoms with E-state index in [-0.39, 0.29) is 23.5 Å². The summed E-state index contributed by atoms with van der Waals surface area (Å²) in [5.74, 6) is -1.11. The second-order valence-corrected chi connectivity index (χ2v) is 8.34. The Balaban J connectivity index is 1.72. The van der Waals surface area contributed by atoms with Crippen molar-refractivity contribution in [2.24, 2.45) is 0 Å². The van der Waals surface area contributed by atoms with Gasteiger partial charge in [-0.15, -0.1) is 0 Å². The molecule has 35 heavy (non-hydrogen) atoms. The highest BCUT2D eigenvalue weighted by atomic mass is 19.2. The first-order valence-corrected chi connectivity index (χ1v) is 11.0. The predicted octanol–water partition coefficient (Wildman–Crippen LogP) is 4.36. The first-order chi connectivity index (χ1) is 16.7. The van der Waals surface area contributed by atoms with Gasteiger partial charge in [0.15, 0.2) is 11.6 Å². The van der Waals surface area contributed by atoms with Crippen LogP contribution in [-0.4, -0.2) is 14.2 Å². The van der Waals surface area contributed by atoms with E-state index >= 15 is 0 Å². The minimum absolute atomic E-state index is 0.0558. The lowest BCUT2D eigenvalue weighted by atomic mass is 9.95. The molecule has 0 spiro atoms. The Morgan fingerprint density at radius 3 is 2.20 bits per heavy atom. The fourth-order valence-corrected chi connectivity index (χ4v) is 4.08. The summed E-state index contributed by atoms with van der Waals surface area (Å²) in [6, 6.07) is 18.1. The second-order valence-electron chi connectivity index (χ2n) is 8.34. The number of hydrogen-bond donors (Lipinski definition) is 2. The zero-order valence-corrected chi connectivity index (χ0v) is 19.5. The van der Waals surface area contributed by atoms with E-state index < -0.39 is 22.5 Å². The molecule has 0 aliphatic rings. The molecule has 0 aromatic heterocycles. The molecule has 0 radical (unpaired) electrons. The van der Waals surface area contributed by atoms with E-state index in [1.54, 1.807) is 25.1 Å². The number of nitrogen functional groups attached to an aromatic ring is 1. The number of rotatable bonds is 8. The van der Waals surface area contributed by atoms with Crippen molar-refractivity contribution in [2.75, 3.05) is 24.8 Å². The van der Waals surface area contributed by atoms with E-state index in [2.05, 4.69) is 5.32 Å². The highest BCUT2D eigenvalue weighted by Gasteiger charge is 2.24. The number of nitrogens with two attached hydrogens (primary N) is 1. The largest absolute Gasteiger partial charge is 0.497 e. The number of halogens is 2. The van der Waals surface area contributed by atoms with Crippen LogP contribution >= 0.6 is 0 Å². The Bertz CT molecular complexity index is 1430. The van der Waals surface area contributed by atoms with Gasteiger partial charge >= 0.3 is 0 Å². The molecule has 0 aliphatic heterocycles. The molecular formula is C27H25F2N3O3. The van der Waals surface area contributed by atoms with E-state index in [1.807, 2.05) is 55.5 Å². The molecule has 8 heteroatoms. The van der Waals surface area contributed by atoms with E-state index in [0.717, 1.165) is 17.2 Å². The van der Waals surface area contributed by atoms with Crippen molar-refractivity contribution in [3.63, 3.8) is 0 Å². The molecule has 6 nitrogen and oxygen atoms in total. The van der Waals surface area contributed by atoms with Gasteiger partial charge in [-0.1, -0.05) is 30.3 Å². The molecule has 0 saturated carbocycles. The Labute approximate surface area is 201 Å². The molecular weight excluding hydrogens is 452 g/mol. The summed E-state index contributed by atoms with van der Waals surface area (Å²) in [5, 5.41) is 3.49. The summed E-state index contributed by atoms with van der Waals surface area (Å²) in [4.78, 5) is 25.2. The van der Waals surface area contributed by atoms with Crippen LogP contribution in [0.1, 0.15) is 35.7 Å². The number of hydrogen-bond acceptors (Lipinski definition) is 6. The minimum atomic E-state index is -0.911. The summed E-state index contributed by atoms with van der Waals surface area (Å²) in [6.45, 7) is 1.86. The lowest BCUT2D eigenvalue weighted by Crippen LogP contribution is -2.39. The maximum Gasteiger partial charge on any atom is 0.253 e. The van der Waals surface area contributed by atoms with E-state index in [0.29, 0.717) is 17.0 Å². The first kappa shape index (κ1) is 24.1. The summed E-state index contributed by atoms with van der Waals surface area (Å²) >= 11 is 0. The van der Waals surface area contributed by atoms with Gasteiger partial charge in [0.05, 0.1) is 13.2 Å². The fourth-order valence-electron chi connectivity index (χ4n) is 4.08. The number of ether oxygens (including phenoxy) is 1. The van der Waals surface area contributed by atoms with Crippen molar-refractivity contribution in [1.29, 1.82) is 0 Å². The number of nitrogens with zero attached hydrogens (tertiary/aromatic N) is 1. The number of methoxy groups -OCH3 is 1. The van der Waals surface area contributed by atoms with Crippen LogP contribution in [0.5, 0.6) is 5.75 Å². The number of benzene rings is 3. The zero-order chi connectivity index (χ0) is 25.3. The summed E-state index contributed by atoms with van der Waals surface area (Å²) in [5.41, 5.74) is 7.58. The standard InChI is InChI=1S/C27H25F2N3O3/c1-15(17-9-12-21(28)22(29)14-17)31-24(16-7-10-20(35-3)11-8-16)18-5-4-6-19(13-18)32(2)25-23(30)26(33)27(25)34/h4-15,24,31H,30H2,1-3H3. The molecule has 2 atom stereocenters. The van der Waals surface area contributed by atoms with Crippen molar-refractivity contribution < 1.29 is 13.5 Å². The predicted molar refractivity (Wildman–Crippen MR) is 133 cm³/mol. The van der Waals surface area contributed by atoms with Crippen molar-refractivity contribution in [1.82, 2.24) is 5.32 Å². The van der Waals surface area contributed by atoms with Crippen LogP contribution < -0.4 is 31.5 Å². The molecule has 4 aromatic carbocycles. The van der Waals surface area contributed by atoms with Gasteiger partial charge in [0.1, 0.15) is 17.1 Å².